The van der Waals surface area contributed by atoms with Crippen molar-refractivity contribution < 1.29 is 22.8 Å². The molecule has 0 aliphatic heterocycles. The monoisotopic (exact) mass is 431 g/mol. The molecule has 1 heterocycles. The maximum Gasteiger partial charge on any atom is 0.433 e. The van der Waals surface area contributed by atoms with Crippen molar-refractivity contribution in [3.63, 3.8) is 0 Å². The van der Waals surface area contributed by atoms with Crippen LogP contribution in [0.3, 0.4) is 0 Å². The molecule has 1 amide bonds. The number of hydrogen-bond acceptors (Lipinski definition) is 5. The molecule has 0 saturated carbocycles. The van der Waals surface area contributed by atoms with Crippen molar-refractivity contribution in [2.45, 2.75) is 23.5 Å². The number of thioether (sulfide) groups is 1. The predicted molar refractivity (Wildman–Crippen MR) is 107 cm³/mol. The fourth-order valence-corrected chi connectivity index (χ4v) is 3.53. The number of benzene rings is 2. The Bertz CT molecular complexity index is 1060. The van der Waals surface area contributed by atoms with Gasteiger partial charge >= 0.3 is 6.18 Å². The second-order valence-electron chi connectivity index (χ2n) is 6.26. The van der Waals surface area contributed by atoms with E-state index in [0.29, 0.717) is 16.8 Å². The van der Waals surface area contributed by atoms with Gasteiger partial charge in [0, 0.05) is 17.4 Å². The number of aromatic nitrogens is 2. The Hall–Kier alpha value is -3.20. The third kappa shape index (κ3) is 5.44. The maximum absolute atomic E-state index is 13.0. The number of carbonyl (C=O) groups is 2. The van der Waals surface area contributed by atoms with Crippen molar-refractivity contribution in [3.05, 3.63) is 83.7 Å². The molecule has 154 valence electrons. The molecule has 0 aliphatic carbocycles. The van der Waals surface area contributed by atoms with Crippen LogP contribution < -0.4 is 5.32 Å². The molecule has 1 aromatic heterocycles. The second-order valence-corrected chi connectivity index (χ2v) is 7.33. The van der Waals surface area contributed by atoms with Crippen molar-refractivity contribution >= 4 is 29.1 Å². The Morgan fingerprint density at radius 2 is 1.77 bits per heavy atom. The van der Waals surface area contributed by atoms with Crippen molar-refractivity contribution in [2.24, 2.45) is 0 Å². The summed E-state index contributed by atoms with van der Waals surface area (Å²) in [7, 11) is 0. The van der Waals surface area contributed by atoms with E-state index in [2.05, 4.69) is 15.3 Å². The molecule has 3 rings (SSSR count). The number of anilines is 1. The molecule has 0 radical (unpaired) electrons. The first-order chi connectivity index (χ1) is 14.2. The van der Waals surface area contributed by atoms with Crippen LogP contribution in [0.5, 0.6) is 0 Å². The first-order valence-electron chi connectivity index (χ1n) is 8.78. The molecule has 2 aromatic carbocycles. The molecule has 0 fully saturated rings. The molecule has 0 spiro atoms. The Labute approximate surface area is 174 Å². The fourth-order valence-electron chi connectivity index (χ4n) is 2.59. The van der Waals surface area contributed by atoms with Gasteiger partial charge in [-0.05, 0) is 30.7 Å². The highest BCUT2D eigenvalue weighted by atomic mass is 32.2. The molecule has 1 atom stereocenters. The van der Waals surface area contributed by atoms with Crippen molar-refractivity contribution in [3.8, 4) is 0 Å². The third-order valence-electron chi connectivity index (χ3n) is 4.02. The first kappa shape index (κ1) is 21.5. The summed E-state index contributed by atoms with van der Waals surface area (Å²) in [5.74, 6) is -0.634. The van der Waals surface area contributed by atoms with Crippen LogP contribution in [0, 0.1) is 0 Å². The lowest BCUT2D eigenvalue weighted by atomic mass is 10.1. The van der Waals surface area contributed by atoms with E-state index in [9.17, 15) is 22.8 Å². The van der Waals surface area contributed by atoms with Crippen LogP contribution in [0.4, 0.5) is 18.9 Å². The second kappa shape index (κ2) is 9.08. The lowest BCUT2D eigenvalue weighted by Crippen LogP contribution is -2.20. The Balaban J connectivity index is 1.89. The van der Waals surface area contributed by atoms with Crippen molar-refractivity contribution in [2.75, 3.05) is 5.32 Å². The number of amides is 1. The van der Waals surface area contributed by atoms with E-state index in [1.165, 1.54) is 13.0 Å². The first-order valence-corrected chi connectivity index (χ1v) is 9.66. The smallest absolute Gasteiger partial charge is 0.325 e. The third-order valence-corrected chi connectivity index (χ3v) is 5.15. The quantitative estimate of drug-likeness (QED) is 0.331. The van der Waals surface area contributed by atoms with E-state index in [4.69, 9.17) is 0 Å². The molecule has 9 heteroatoms. The number of halogens is 3. The Kier molecular flexibility index (Phi) is 6.51. The van der Waals surface area contributed by atoms with E-state index < -0.39 is 23.0 Å². The van der Waals surface area contributed by atoms with Gasteiger partial charge in [-0.1, -0.05) is 54.2 Å². The van der Waals surface area contributed by atoms with Gasteiger partial charge in [0.1, 0.15) is 10.9 Å². The van der Waals surface area contributed by atoms with E-state index in [1.807, 2.05) is 0 Å². The van der Waals surface area contributed by atoms with Gasteiger partial charge in [0.05, 0.1) is 0 Å². The zero-order valence-corrected chi connectivity index (χ0v) is 16.5. The number of rotatable bonds is 6. The van der Waals surface area contributed by atoms with E-state index in [-0.39, 0.29) is 10.9 Å². The van der Waals surface area contributed by atoms with Crippen LogP contribution in [0.25, 0.3) is 0 Å². The summed E-state index contributed by atoms with van der Waals surface area (Å²) in [6.45, 7) is 1.41. The van der Waals surface area contributed by atoms with Crippen LogP contribution in [0.1, 0.15) is 33.8 Å². The zero-order valence-electron chi connectivity index (χ0n) is 15.7. The number of alkyl halides is 3. The van der Waals surface area contributed by atoms with Crippen LogP contribution in [0.15, 0.2) is 72.0 Å². The summed E-state index contributed by atoms with van der Waals surface area (Å²) >= 11 is 0.809. The molecule has 3 aromatic rings. The molecule has 0 bridgehead atoms. The van der Waals surface area contributed by atoms with Gasteiger partial charge in [-0.3, -0.25) is 9.59 Å². The summed E-state index contributed by atoms with van der Waals surface area (Å²) in [4.78, 5) is 32.0. The molecular weight excluding hydrogens is 415 g/mol. The molecule has 1 unspecified atom stereocenters. The minimum absolute atomic E-state index is 0.155. The minimum atomic E-state index is -4.62. The van der Waals surface area contributed by atoms with Gasteiger partial charge < -0.3 is 5.32 Å². The SMILES string of the molecule is CC(=O)c1cccc(NC(=O)C(Sc2nccc(C(F)(F)F)n2)c2ccccc2)c1. The maximum atomic E-state index is 13.0. The fraction of sp³-hybridized carbons (Fsp3) is 0.143. The molecule has 0 saturated heterocycles. The Morgan fingerprint density at radius 3 is 2.43 bits per heavy atom. The lowest BCUT2D eigenvalue weighted by Gasteiger charge is -2.17. The number of ketones is 1. The highest BCUT2D eigenvalue weighted by Crippen LogP contribution is 2.36. The number of carbonyl (C=O) groups excluding carboxylic acids is 2. The molecule has 1 N–H and O–H groups in total. The van der Waals surface area contributed by atoms with Crippen LogP contribution in [-0.4, -0.2) is 21.7 Å². The summed E-state index contributed by atoms with van der Waals surface area (Å²) < 4.78 is 38.9. The van der Waals surface area contributed by atoms with E-state index >= 15 is 0 Å². The number of nitrogens with zero attached hydrogens (tertiary/aromatic N) is 2. The normalized spacial score (nSPS) is 12.3. The van der Waals surface area contributed by atoms with Crippen LogP contribution in [-0.2, 0) is 11.0 Å². The van der Waals surface area contributed by atoms with Crippen LogP contribution >= 0.6 is 11.8 Å². The zero-order chi connectivity index (χ0) is 21.7. The number of Topliss-reactive ketones (excluding diaryl/α,β-unsaturated/α-hetero) is 1. The molecular formula is C21H16F3N3O2S. The number of nitrogens with one attached hydrogen (secondary N) is 1. The largest absolute Gasteiger partial charge is 0.433 e. The Morgan fingerprint density at radius 1 is 1.03 bits per heavy atom. The summed E-state index contributed by atoms with van der Waals surface area (Å²) in [6.07, 6.45) is -3.61. The van der Waals surface area contributed by atoms with Crippen molar-refractivity contribution in [1.82, 2.24) is 9.97 Å². The van der Waals surface area contributed by atoms with Gasteiger partial charge in [-0.25, -0.2) is 9.97 Å². The summed E-state index contributed by atoms with van der Waals surface area (Å²) in [6, 6.07) is 15.8. The highest BCUT2D eigenvalue weighted by Gasteiger charge is 2.33. The lowest BCUT2D eigenvalue weighted by molar-refractivity contribution is -0.141. The molecule has 5 nitrogen and oxygen atoms in total. The van der Waals surface area contributed by atoms with Crippen molar-refractivity contribution in [1.29, 1.82) is 0 Å². The van der Waals surface area contributed by atoms with Gasteiger partial charge in [0.2, 0.25) is 5.91 Å². The highest BCUT2D eigenvalue weighted by molar-refractivity contribution is 8.00. The average Bonchev–Trinajstić information content (AvgIpc) is 2.72. The van der Waals surface area contributed by atoms with E-state index in [0.717, 1.165) is 24.0 Å². The van der Waals surface area contributed by atoms with Gasteiger partial charge in [0.25, 0.3) is 0 Å². The predicted octanol–water partition coefficient (Wildman–Crippen LogP) is 5.17. The minimum Gasteiger partial charge on any atom is -0.325 e. The number of hydrogen-bond donors (Lipinski definition) is 1. The van der Waals surface area contributed by atoms with Gasteiger partial charge in [0.15, 0.2) is 10.9 Å². The molecule has 30 heavy (non-hydrogen) atoms. The van der Waals surface area contributed by atoms with Gasteiger partial charge in [-0.2, -0.15) is 13.2 Å². The molecule has 0 aliphatic rings. The summed E-state index contributed by atoms with van der Waals surface area (Å²) in [5.41, 5.74) is 0.322. The average molecular weight is 431 g/mol. The topological polar surface area (TPSA) is 72.0 Å². The standard InChI is InChI=1S/C21H16F3N3O2S/c1-13(28)15-8-5-9-16(12-15)26-19(29)18(14-6-3-2-4-7-14)30-20-25-11-10-17(27-20)21(22,23)24/h2-12,18H,1H3,(H,26,29). The van der Waals surface area contributed by atoms with Crippen LogP contribution in [0.2, 0.25) is 0 Å². The van der Waals surface area contributed by atoms with Gasteiger partial charge in [-0.15, -0.1) is 0 Å². The van der Waals surface area contributed by atoms with E-state index in [1.54, 1.807) is 48.5 Å². The summed E-state index contributed by atoms with van der Waals surface area (Å²) in [5, 5.41) is 1.63.